The highest BCUT2D eigenvalue weighted by Gasteiger charge is 2.40. The summed E-state index contributed by atoms with van der Waals surface area (Å²) in [6.07, 6.45) is -3.22. The minimum atomic E-state index is -4.29. The lowest BCUT2D eigenvalue weighted by molar-refractivity contribution is -0.137. The summed E-state index contributed by atoms with van der Waals surface area (Å²) in [6.45, 7) is 1.71. The SMILES string of the molecule is CC1(O)CC(c2cccc(C(F)(F)F)c2)C1. The second-order valence-electron chi connectivity index (χ2n) is 4.73. The molecule has 0 radical (unpaired) electrons. The van der Waals surface area contributed by atoms with Crippen LogP contribution in [0.25, 0.3) is 0 Å². The maximum absolute atomic E-state index is 12.5. The van der Waals surface area contributed by atoms with Gasteiger partial charge in [-0.1, -0.05) is 18.2 Å². The lowest BCUT2D eigenvalue weighted by atomic mass is 9.69. The third-order valence-electron chi connectivity index (χ3n) is 3.06. The average Bonchev–Trinajstić information content (AvgIpc) is 2.13. The van der Waals surface area contributed by atoms with Gasteiger partial charge in [0.1, 0.15) is 0 Å². The first kappa shape index (κ1) is 11.5. The molecule has 0 saturated heterocycles. The normalized spacial score (nSPS) is 29.9. The highest BCUT2D eigenvalue weighted by atomic mass is 19.4. The lowest BCUT2D eigenvalue weighted by Crippen LogP contribution is -2.39. The fourth-order valence-electron chi connectivity index (χ4n) is 2.21. The molecule has 1 aliphatic rings. The number of aliphatic hydroxyl groups is 1. The third-order valence-corrected chi connectivity index (χ3v) is 3.06. The molecule has 0 amide bonds. The Morgan fingerprint density at radius 2 is 1.94 bits per heavy atom. The van der Waals surface area contributed by atoms with Crippen LogP contribution in [0.4, 0.5) is 13.2 Å². The number of hydrogen-bond acceptors (Lipinski definition) is 1. The molecule has 0 aromatic heterocycles. The zero-order chi connectivity index (χ0) is 12.0. The fourth-order valence-corrected chi connectivity index (χ4v) is 2.21. The maximum Gasteiger partial charge on any atom is 0.416 e. The lowest BCUT2D eigenvalue weighted by Gasteiger charge is -2.41. The number of hydrogen-bond donors (Lipinski definition) is 1. The van der Waals surface area contributed by atoms with Gasteiger partial charge in [0.05, 0.1) is 11.2 Å². The quantitative estimate of drug-likeness (QED) is 0.784. The molecule has 1 saturated carbocycles. The Labute approximate surface area is 91.9 Å². The molecule has 0 atom stereocenters. The van der Waals surface area contributed by atoms with Crippen LogP contribution in [-0.4, -0.2) is 10.7 Å². The molecular weight excluding hydrogens is 217 g/mol. The van der Waals surface area contributed by atoms with Crippen molar-refractivity contribution >= 4 is 0 Å². The Morgan fingerprint density at radius 1 is 1.31 bits per heavy atom. The summed E-state index contributed by atoms with van der Waals surface area (Å²) in [5.41, 5.74) is -0.656. The minimum absolute atomic E-state index is 0.0531. The van der Waals surface area contributed by atoms with Gasteiger partial charge in [0.25, 0.3) is 0 Å². The van der Waals surface area contributed by atoms with E-state index in [0.717, 1.165) is 6.07 Å². The van der Waals surface area contributed by atoms with Gasteiger partial charge in [-0.15, -0.1) is 0 Å². The van der Waals surface area contributed by atoms with Crippen LogP contribution in [0.3, 0.4) is 0 Å². The van der Waals surface area contributed by atoms with Gasteiger partial charge in [0.15, 0.2) is 0 Å². The summed E-state index contributed by atoms with van der Waals surface area (Å²) in [6, 6.07) is 5.36. The van der Waals surface area contributed by atoms with Crippen molar-refractivity contribution in [2.24, 2.45) is 0 Å². The Morgan fingerprint density at radius 3 is 2.44 bits per heavy atom. The number of alkyl halides is 3. The first-order valence-electron chi connectivity index (χ1n) is 5.17. The molecule has 16 heavy (non-hydrogen) atoms. The molecule has 1 nitrogen and oxygen atoms in total. The van der Waals surface area contributed by atoms with Crippen molar-refractivity contribution in [3.63, 3.8) is 0 Å². The van der Waals surface area contributed by atoms with E-state index in [1.165, 1.54) is 12.1 Å². The highest BCUT2D eigenvalue weighted by Crippen LogP contribution is 2.45. The minimum Gasteiger partial charge on any atom is -0.390 e. The molecule has 0 heterocycles. The molecule has 0 bridgehead atoms. The number of halogens is 3. The Hall–Kier alpha value is -1.03. The fraction of sp³-hybridized carbons (Fsp3) is 0.500. The molecule has 0 spiro atoms. The zero-order valence-electron chi connectivity index (χ0n) is 8.88. The van der Waals surface area contributed by atoms with Crippen molar-refractivity contribution in [1.29, 1.82) is 0 Å². The third kappa shape index (κ3) is 2.21. The standard InChI is InChI=1S/C12H13F3O/c1-11(16)6-9(7-11)8-3-2-4-10(5-8)12(13,14)15/h2-5,9,16H,6-7H2,1H3. The monoisotopic (exact) mass is 230 g/mol. The van der Waals surface area contributed by atoms with Crippen molar-refractivity contribution in [3.05, 3.63) is 35.4 Å². The molecule has 4 heteroatoms. The van der Waals surface area contributed by atoms with E-state index in [9.17, 15) is 18.3 Å². The smallest absolute Gasteiger partial charge is 0.390 e. The Kier molecular flexibility index (Phi) is 2.49. The van der Waals surface area contributed by atoms with E-state index in [1.807, 2.05) is 0 Å². The van der Waals surface area contributed by atoms with E-state index in [1.54, 1.807) is 13.0 Å². The predicted octanol–water partition coefficient (Wildman–Crippen LogP) is 3.33. The summed E-state index contributed by atoms with van der Waals surface area (Å²) in [5.74, 6) is 0.0531. The van der Waals surface area contributed by atoms with Crippen LogP contribution in [0.1, 0.15) is 36.8 Å². The van der Waals surface area contributed by atoms with Crippen molar-refractivity contribution in [2.75, 3.05) is 0 Å². The zero-order valence-corrected chi connectivity index (χ0v) is 8.88. The van der Waals surface area contributed by atoms with E-state index >= 15 is 0 Å². The Balaban J connectivity index is 2.18. The Bertz CT molecular complexity index is 387. The molecule has 0 unspecified atom stereocenters. The van der Waals surface area contributed by atoms with Crippen molar-refractivity contribution in [2.45, 2.75) is 37.5 Å². The van der Waals surface area contributed by atoms with Gasteiger partial charge in [0, 0.05) is 0 Å². The van der Waals surface area contributed by atoms with Crippen LogP contribution in [-0.2, 0) is 6.18 Å². The largest absolute Gasteiger partial charge is 0.416 e. The second kappa shape index (κ2) is 3.48. The molecule has 1 N–H and O–H groups in total. The van der Waals surface area contributed by atoms with E-state index < -0.39 is 17.3 Å². The van der Waals surface area contributed by atoms with Gasteiger partial charge in [0.2, 0.25) is 0 Å². The number of benzene rings is 1. The van der Waals surface area contributed by atoms with E-state index in [-0.39, 0.29) is 5.92 Å². The predicted molar refractivity (Wildman–Crippen MR) is 54.0 cm³/mol. The summed E-state index contributed by atoms with van der Waals surface area (Å²) in [7, 11) is 0. The highest BCUT2D eigenvalue weighted by molar-refractivity contribution is 5.30. The van der Waals surface area contributed by atoms with E-state index in [0.29, 0.717) is 18.4 Å². The van der Waals surface area contributed by atoms with Crippen LogP contribution >= 0.6 is 0 Å². The van der Waals surface area contributed by atoms with Crippen LogP contribution in [0.5, 0.6) is 0 Å². The molecule has 88 valence electrons. The van der Waals surface area contributed by atoms with Crippen molar-refractivity contribution < 1.29 is 18.3 Å². The topological polar surface area (TPSA) is 20.2 Å². The first-order chi connectivity index (χ1) is 7.28. The van der Waals surface area contributed by atoms with Crippen LogP contribution in [0.15, 0.2) is 24.3 Å². The van der Waals surface area contributed by atoms with E-state index in [2.05, 4.69) is 0 Å². The van der Waals surface area contributed by atoms with Gasteiger partial charge < -0.3 is 5.11 Å². The van der Waals surface area contributed by atoms with Crippen LogP contribution in [0.2, 0.25) is 0 Å². The van der Waals surface area contributed by atoms with Gasteiger partial charge in [-0.05, 0) is 37.3 Å². The summed E-state index contributed by atoms with van der Waals surface area (Å²) in [4.78, 5) is 0. The number of rotatable bonds is 1. The second-order valence-corrected chi connectivity index (χ2v) is 4.73. The average molecular weight is 230 g/mol. The van der Waals surface area contributed by atoms with Gasteiger partial charge in [-0.25, -0.2) is 0 Å². The summed E-state index contributed by atoms with van der Waals surface area (Å²) < 4.78 is 37.4. The van der Waals surface area contributed by atoms with Gasteiger partial charge in [-0.3, -0.25) is 0 Å². The molecule has 0 aliphatic heterocycles. The van der Waals surface area contributed by atoms with Gasteiger partial charge in [-0.2, -0.15) is 13.2 Å². The molecule has 1 aromatic carbocycles. The molecule has 1 aliphatic carbocycles. The van der Waals surface area contributed by atoms with Crippen molar-refractivity contribution in [1.82, 2.24) is 0 Å². The summed E-state index contributed by atoms with van der Waals surface area (Å²) >= 11 is 0. The molecule has 2 rings (SSSR count). The molecule has 1 fully saturated rings. The molecule has 1 aromatic rings. The van der Waals surface area contributed by atoms with Crippen LogP contribution < -0.4 is 0 Å². The van der Waals surface area contributed by atoms with Crippen molar-refractivity contribution in [3.8, 4) is 0 Å². The van der Waals surface area contributed by atoms with E-state index in [4.69, 9.17) is 0 Å². The summed E-state index contributed by atoms with van der Waals surface area (Å²) in [5, 5.41) is 9.55. The first-order valence-corrected chi connectivity index (χ1v) is 5.17. The van der Waals surface area contributed by atoms with Crippen LogP contribution in [0, 0.1) is 0 Å². The maximum atomic E-state index is 12.5. The molecular formula is C12H13F3O. The van der Waals surface area contributed by atoms with Gasteiger partial charge >= 0.3 is 6.18 Å².